The summed E-state index contributed by atoms with van der Waals surface area (Å²) in [6.45, 7) is 9.49. The number of aliphatic hydroxyl groups excluding tert-OH is 2. The molecule has 1 aliphatic heterocycles. The summed E-state index contributed by atoms with van der Waals surface area (Å²) in [6, 6.07) is 50.3. The molecule has 0 bridgehead atoms. The lowest BCUT2D eigenvalue weighted by atomic mass is 9.98. The summed E-state index contributed by atoms with van der Waals surface area (Å²) in [5.41, 5.74) is 8.06. The summed E-state index contributed by atoms with van der Waals surface area (Å²) >= 11 is 0. The fourth-order valence-electron chi connectivity index (χ4n) is 5.89. The number of aliphatic hydroxyl groups is 2. The molecule has 0 amide bonds. The van der Waals surface area contributed by atoms with E-state index in [1.165, 1.54) is 46.2 Å². The van der Waals surface area contributed by atoms with Gasteiger partial charge in [0.15, 0.2) is 0 Å². The highest BCUT2D eigenvalue weighted by atomic mass is 16.6. The van der Waals surface area contributed by atoms with Crippen molar-refractivity contribution in [2.75, 3.05) is 65.9 Å². The summed E-state index contributed by atoms with van der Waals surface area (Å²) in [4.78, 5) is 4.64. The smallest absolute Gasteiger partial charge is 0.0701 e. The van der Waals surface area contributed by atoms with Gasteiger partial charge in [-0.25, -0.2) is 0 Å². The Labute approximate surface area is 329 Å². The number of rotatable bonds is 18. The van der Waals surface area contributed by atoms with Gasteiger partial charge in [0.05, 0.1) is 52.9 Å². The molecule has 55 heavy (non-hydrogen) atoms. The number of aryl methyl sites for hydroxylation is 1. The zero-order valence-corrected chi connectivity index (χ0v) is 32.3. The zero-order valence-electron chi connectivity index (χ0n) is 32.3. The third kappa shape index (κ3) is 20.2. The van der Waals surface area contributed by atoms with Gasteiger partial charge in [0.25, 0.3) is 0 Å². The van der Waals surface area contributed by atoms with Crippen molar-refractivity contribution < 1.29 is 24.4 Å². The first kappa shape index (κ1) is 43.3. The van der Waals surface area contributed by atoms with Crippen LogP contribution in [0.25, 0.3) is 6.08 Å². The SMILES string of the molecule is C1=Cc2ccccc2CC1.C1CO1.OCCN(Cc1ccccc1)Cc1ccccc1.OCCOCCOCCN(Cc1ccccc1)Cc1ccccc1. The van der Waals surface area contributed by atoms with Crippen LogP contribution in [0.15, 0.2) is 152 Å². The van der Waals surface area contributed by atoms with Gasteiger partial charge < -0.3 is 24.4 Å². The van der Waals surface area contributed by atoms with E-state index in [-0.39, 0.29) is 13.2 Å². The number of epoxide rings is 1. The lowest BCUT2D eigenvalue weighted by molar-refractivity contribution is 0.0252. The quantitative estimate of drug-likeness (QED) is 0.0695. The molecule has 0 saturated carbocycles. The molecule has 1 aliphatic carbocycles. The van der Waals surface area contributed by atoms with E-state index in [4.69, 9.17) is 19.7 Å². The van der Waals surface area contributed by atoms with Crippen LogP contribution in [0.3, 0.4) is 0 Å². The van der Waals surface area contributed by atoms with Gasteiger partial charge in [0, 0.05) is 39.3 Å². The van der Waals surface area contributed by atoms with Gasteiger partial charge in [-0.3, -0.25) is 9.80 Å². The zero-order chi connectivity index (χ0) is 38.4. The molecule has 0 spiro atoms. The Balaban J connectivity index is 0.000000188. The predicted octanol–water partition coefficient (Wildman–Crippen LogP) is 8.06. The molecule has 1 heterocycles. The van der Waals surface area contributed by atoms with E-state index in [1.54, 1.807) is 0 Å². The molecule has 2 N–H and O–H groups in total. The molecule has 7 heteroatoms. The second kappa shape index (κ2) is 28.0. The van der Waals surface area contributed by atoms with Crippen molar-refractivity contribution >= 4 is 6.08 Å². The Morgan fingerprint density at radius 3 is 1.31 bits per heavy atom. The summed E-state index contributed by atoms with van der Waals surface area (Å²) < 4.78 is 15.3. The van der Waals surface area contributed by atoms with Crippen LogP contribution in [0.1, 0.15) is 39.8 Å². The van der Waals surface area contributed by atoms with Gasteiger partial charge in [-0.2, -0.15) is 0 Å². The van der Waals surface area contributed by atoms with Crippen LogP contribution in [-0.2, 0) is 46.8 Å². The van der Waals surface area contributed by atoms with Crippen LogP contribution in [0, 0.1) is 0 Å². The third-order valence-electron chi connectivity index (χ3n) is 8.71. The van der Waals surface area contributed by atoms with Crippen molar-refractivity contribution in [2.45, 2.75) is 39.0 Å². The van der Waals surface area contributed by atoms with Crippen molar-refractivity contribution in [3.63, 3.8) is 0 Å². The normalized spacial score (nSPS) is 12.4. The lowest BCUT2D eigenvalue weighted by Crippen LogP contribution is -2.27. The van der Waals surface area contributed by atoms with Crippen molar-refractivity contribution in [1.82, 2.24) is 9.80 Å². The van der Waals surface area contributed by atoms with Crippen LogP contribution in [0.5, 0.6) is 0 Å². The molecule has 1 fully saturated rings. The second-order valence-corrected chi connectivity index (χ2v) is 13.3. The Kier molecular flexibility index (Phi) is 22.1. The number of nitrogens with zero attached hydrogens (tertiary/aromatic N) is 2. The van der Waals surface area contributed by atoms with Crippen LogP contribution >= 0.6 is 0 Å². The molecule has 2 aliphatic rings. The number of hydrogen-bond donors (Lipinski definition) is 2. The van der Waals surface area contributed by atoms with Crippen LogP contribution in [-0.4, -0.2) is 86.0 Å². The molecule has 0 aromatic heterocycles. The van der Waals surface area contributed by atoms with Gasteiger partial charge in [-0.05, 0) is 46.2 Å². The minimum Gasteiger partial charge on any atom is -0.395 e. The molecular weight excluding hydrogens is 685 g/mol. The minimum absolute atomic E-state index is 0.0575. The van der Waals surface area contributed by atoms with Gasteiger partial charge >= 0.3 is 0 Å². The third-order valence-corrected chi connectivity index (χ3v) is 8.71. The molecule has 1 saturated heterocycles. The maximum atomic E-state index is 9.15. The Morgan fingerprint density at radius 1 is 0.473 bits per heavy atom. The van der Waals surface area contributed by atoms with E-state index in [1.807, 2.05) is 24.3 Å². The number of allylic oxidation sites excluding steroid dienone is 1. The largest absolute Gasteiger partial charge is 0.395 e. The van der Waals surface area contributed by atoms with Crippen molar-refractivity contribution in [3.05, 3.63) is 185 Å². The predicted molar refractivity (Wildman–Crippen MR) is 224 cm³/mol. The van der Waals surface area contributed by atoms with E-state index in [0.717, 1.165) is 45.9 Å². The molecular formula is C48H60N2O5. The highest BCUT2D eigenvalue weighted by molar-refractivity contribution is 5.55. The fraction of sp³-hybridized carbons (Fsp3) is 0.333. The maximum absolute atomic E-state index is 9.15. The van der Waals surface area contributed by atoms with Crippen LogP contribution in [0.2, 0.25) is 0 Å². The summed E-state index contributed by atoms with van der Waals surface area (Å²) in [6.07, 6.45) is 6.87. The Bertz CT molecular complexity index is 1580. The van der Waals surface area contributed by atoms with E-state index in [9.17, 15) is 0 Å². The first-order valence-electron chi connectivity index (χ1n) is 19.5. The number of ether oxygens (including phenoxy) is 3. The molecule has 7 nitrogen and oxygen atoms in total. The molecule has 292 valence electrons. The molecule has 0 radical (unpaired) electrons. The standard InChI is InChI=1S/C20H27NO3.C16H19NO.C10H10.C2H4O/c22-12-14-24-16-15-23-13-11-21(17-19-7-3-1-4-8-19)18-20-9-5-2-6-10-20;18-12-11-17(13-15-7-3-1-4-8-15)14-16-9-5-2-6-10-16;1-2-6-10-8-4-3-7-9(10)5-1;1-2-3-1/h1-10,22H,11-18H2;1-10,18H,11-14H2;1-3,5-7H,4,8H2;1-2H2. The van der Waals surface area contributed by atoms with Gasteiger partial charge in [0.2, 0.25) is 0 Å². The van der Waals surface area contributed by atoms with E-state index in [0.29, 0.717) is 33.0 Å². The topological polar surface area (TPSA) is 77.9 Å². The molecule has 5 aromatic carbocycles. The summed E-state index contributed by atoms with van der Waals surface area (Å²) in [5.74, 6) is 0. The first-order chi connectivity index (χ1) is 27.2. The molecule has 7 rings (SSSR count). The number of benzene rings is 5. The first-order valence-corrected chi connectivity index (χ1v) is 19.5. The van der Waals surface area contributed by atoms with Crippen LogP contribution in [0.4, 0.5) is 0 Å². The maximum Gasteiger partial charge on any atom is 0.0701 e. The van der Waals surface area contributed by atoms with E-state index in [2.05, 4.69) is 148 Å². The second-order valence-electron chi connectivity index (χ2n) is 13.3. The highest BCUT2D eigenvalue weighted by Crippen LogP contribution is 2.17. The van der Waals surface area contributed by atoms with E-state index < -0.39 is 0 Å². The molecule has 0 atom stereocenters. The molecule has 0 unspecified atom stereocenters. The monoisotopic (exact) mass is 744 g/mol. The Morgan fingerprint density at radius 2 is 0.891 bits per heavy atom. The average Bonchev–Trinajstić information content (AvgIpc) is 4.13. The van der Waals surface area contributed by atoms with Crippen molar-refractivity contribution in [1.29, 1.82) is 0 Å². The van der Waals surface area contributed by atoms with Crippen LogP contribution < -0.4 is 0 Å². The summed E-state index contributed by atoms with van der Waals surface area (Å²) in [5, 5.41) is 17.8. The lowest BCUT2D eigenvalue weighted by Gasteiger charge is -2.22. The number of hydrogen-bond acceptors (Lipinski definition) is 7. The van der Waals surface area contributed by atoms with Gasteiger partial charge in [-0.1, -0.05) is 158 Å². The average molecular weight is 745 g/mol. The van der Waals surface area contributed by atoms with E-state index >= 15 is 0 Å². The molecule has 5 aromatic rings. The van der Waals surface area contributed by atoms with Gasteiger partial charge in [0.1, 0.15) is 0 Å². The number of fused-ring (bicyclic) bond motifs is 1. The minimum atomic E-state index is 0.0575. The highest BCUT2D eigenvalue weighted by Gasteiger charge is 2.08. The van der Waals surface area contributed by atoms with Gasteiger partial charge in [-0.15, -0.1) is 0 Å². The fourth-order valence-corrected chi connectivity index (χ4v) is 5.89. The summed E-state index contributed by atoms with van der Waals surface area (Å²) in [7, 11) is 0. The Hall–Kier alpha value is -4.44. The van der Waals surface area contributed by atoms with Crippen molar-refractivity contribution in [2.24, 2.45) is 0 Å². The van der Waals surface area contributed by atoms with Crippen molar-refractivity contribution in [3.8, 4) is 0 Å².